The lowest BCUT2D eigenvalue weighted by atomic mass is 9.81. The molecule has 2 atom stereocenters. The van der Waals surface area contributed by atoms with Crippen molar-refractivity contribution in [3.8, 4) is 0 Å². The molecule has 162 valence electrons. The van der Waals surface area contributed by atoms with E-state index in [1.165, 1.54) is 19.1 Å². The fourth-order valence-electron chi connectivity index (χ4n) is 3.60. The molecule has 3 rings (SSSR count). The Balaban J connectivity index is 1.68. The second-order valence-corrected chi connectivity index (χ2v) is 9.25. The number of ether oxygens (including phenoxy) is 1. The molecule has 2 aromatic rings. The molecule has 1 fully saturated rings. The van der Waals surface area contributed by atoms with Crippen molar-refractivity contribution in [2.24, 2.45) is 5.92 Å². The standard InChI is InChI=1S/C22H26FNO5S/c1-2-30(26,27)29-16-19-14-24(22(25)28-15-17-6-4-3-5-7-17)13-12-21(19)18-8-10-20(23)11-9-18/h3-11,19,21H,2,12-16H2,1H3/t19-,21+/m0/s1. The number of hydrogen-bond acceptors (Lipinski definition) is 5. The highest BCUT2D eigenvalue weighted by Crippen LogP contribution is 2.34. The summed E-state index contributed by atoms with van der Waals surface area (Å²) in [6.45, 7) is 2.41. The van der Waals surface area contributed by atoms with E-state index in [1.54, 1.807) is 17.0 Å². The van der Waals surface area contributed by atoms with Crippen molar-refractivity contribution in [3.63, 3.8) is 0 Å². The van der Waals surface area contributed by atoms with E-state index in [0.717, 1.165) is 11.1 Å². The lowest BCUT2D eigenvalue weighted by Gasteiger charge is -2.38. The molecular weight excluding hydrogens is 409 g/mol. The molecule has 0 aliphatic carbocycles. The topological polar surface area (TPSA) is 72.9 Å². The van der Waals surface area contributed by atoms with E-state index in [-0.39, 0.29) is 36.6 Å². The fourth-order valence-corrected chi connectivity index (χ4v) is 4.15. The maximum atomic E-state index is 13.3. The van der Waals surface area contributed by atoms with Gasteiger partial charge in [-0.2, -0.15) is 8.42 Å². The van der Waals surface area contributed by atoms with Gasteiger partial charge in [-0.15, -0.1) is 0 Å². The van der Waals surface area contributed by atoms with Gasteiger partial charge in [0.05, 0.1) is 12.4 Å². The average Bonchev–Trinajstić information content (AvgIpc) is 2.77. The first-order chi connectivity index (χ1) is 14.4. The van der Waals surface area contributed by atoms with Crippen molar-refractivity contribution in [3.05, 3.63) is 71.5 Å². The maximum Gasteiger partial charge on any atom is 0.410 e. The Labute approximate surface area is 176 Å². The van der Waals surface area contributed by atoms with Gasteiger partial charge in [-0.3, -0.25) is 4.18 Å². The summed E-state index contributed by atoms with van der Waals surface area (Å²) in [5.74, 6) is -0.753. The third-order valence-electron chi connectivity index (χ3n) is 5.31. The molecule has 1 aliphatic rings. The predicted octanol–water partition coefficient (Wildman–Crippen LogP) is 3.93. The number of carbonyl (C=O) groups is 1. The van der Waals surface area contributed by atoms with Crippen molar-refractivity contribution < 1.29 is 26.5 Å². The monoisotopic (exact) mass is 435 g/mol. The lowest BCUT2D eigenvalue weighted by molar-refractivity contribution is 0.0650. The number of hydrogen-bond donors (Lipinski definition) is 0. The number of piperidine rings is 1. The first-order valence-electron chi connectivity index (χ1n) is 9.96. The molecule has 1 heterocycles. The van der Waals surface area contributed by atoms with Crippen LogP contribution in [0.25, 0.3) is 0 Å². The molecular formula is C22H26FNO5S. The van der Waals surface area contributed by atoms with Crippen molar-refractivity contribution in [1.29, 1.82) is 0 Å². The Morgan fingerprint density at radius 3 is 2.50 bits per heavy atom. The number of likely N-dealkylation sites (tertiary alicyclic amines) is 1. The normalized spacial score (nSPS) is 19.5. The summed E-state index contributed by atoms with van der Waals surface area (Å²) in [6.07, 6.45) is 0.159. The van der Waals surface area contributed by atoms with Gasteiger partial charge < -0.3 is 9.64 Å². The van der Waals surface area contributed by atoms with E-state index in [4.69, 9.17) is 8.92 Å². The average molecular weight is 436 g/mol. The zero-order valence-electron chi connectivity index (χ0n) is 16.9. The molecule has 0 aromatic heterocycles. The van der Waals surface area contributed by atoms with Gasteiger partial charge in [0.2, 0.25) is 0 Å². The predicted molar refractivity (Wildman–Crippen MR) is 111 cm³/mol. The number of benzene rings is 2. The first kappa shape index (κ1) is 22.2. The van der Waals surface area contributed by atoms with Gasteiger partial charge in [-0.25, -0.2) is 9.18 Å². The van der Waals surface area contributed by atoms with E-state index in [2.05, 4.69) is 0 Å². The Bertz CT molecular complexity index is 934. The minimum atomic E-state index is -3.61. The summed E-state index contributed by atoms with van der Waals surface area (Å²) in [5.41, 5.74) is 1.79. The Morgan fingerprint density at radius 1 is 1.13 bits per heavy atom. The summed E-state index contributed by atoms with van der Waals surface area (Å²) in [5, 5.41) is 0. The second kappa shape index (κ2) is 10.0. The van der Waals surface area contributed by atoms with Gasteiger partial charge in [0.25, 0.3) is 10.1 Å². The summed E-state index contributed by atoms with van der Waals surface area (Å²) >= 11 is 0. The molecule has 1 saturated heterocycles. The van der Waals surface area contributed by atoms with Crippen LogP contribution in [-0.4, -0.2) is 44.9 Å². The SMILES string of the molecule is CCS(=O)(=O)OC[C@@H]1CN(C(=O)OCc2ccccc2)CC[C@@H]1c1ccc(F)cc1. The molecule has 0 N–H and O–H groups in total. The maximum absolute atomic E-state index is 13.3. The number of nitrogens with zero attached hydrogens (tertiary/aromatic N) is 1. The van der Waals surface area contributed by atoms with Gasteiger partial charge in [-0.1, -0.05) is 42.5 Å². The molecule has 2 aromatic carbocycles. The Kier molecular flexibility index (Phi) is 7.44. The molecule has 0 bridgehead atoms. The lowest BCUT2D eigenvalue weighted by Crippen LogP contribution is -2.45. The van der Waals surface area contributed by atoms with Crippen molar-refractivity contribution in [2.75, 3.05) is 25.4 Å². The van der Waals surface area contributed by atoms with Crippen LogP contribution in [0.5, 0.6) is 0 Å². The summed E-state index contributed by atoms with van der Waals surface area (Å²) < 4.78 is 47.6. The van der Waals surface area contributed by atoms with Crippen LogP contribution >= 0.6 is 0 Å². The minimum Gasteiger partial charge on any atom is -0.445 e. The van der Waals surface area contributed by atoms with Crippen molar-refractivity contribution in [2.45, 2.75) is 25.9 Å². The van der Waals surface area contributed by atoms with E-state index >= 15 is 0 Å². The Morgan fingerprint density at radius 2 is 1.83 bits per heavy atom. The van der Waals surface area contributed by atoms with Crippen LogP contribution in [0.1, 0.15) is 30.4 Å². The first-order valence-corrected chi connectivity index (χ1v) is 11.5. The highest BCUT2D eigenvalue weighted by molar-refractivity contribution is 7.86. The van der Waals surface area contributed by atoms with Crippen LogP contribution in [-0.2, 0) is 25.6 Å². The van der Waals surface area contributed by atoms with Gasteiger partial charge in [0.15, 0.2) is 0 Å². The molecule has 1 amide bonds. The van der Waals surface area contributed by atoms with E-state index in [0.29, 0.717) is 19.5 Å². The molecule has 30 heavy (non-hydrogen) atoms. The van der Waals surface area contributed by atoms with Crippen LogP contribution < -0.4 is 0 Å². The molecule has 0 unspecified atom stereocenters. The van der Waals surface area contributed by atoms with Crippen LogP contribution in [0.2, 0.25) is 0 Å². The molecule has 0 radical (unpaired) electrons. The van der Waals surface area contributed by atoms with Crippen LogP contribution in [0.3, 0.4) is 0 Å². The van der Waals surface area contributed by atoms with Crippen LogP contribution in [0, 0.1) is 11.7 Å². The smallest absolute Gasteiger partial charge is 0.410 e. The summed E-state index contributed by atoms with van der Waals surface area (Å²) in [7, 11) is -3.61. The van der Waals surface area contributed by atoms with E-state index in [9.17, 15) is 17.6 Å². The largest absolute Gasteiger partial charge is 0.445 e. The van der Waals surface area contributed by atoms with Gasteiger partial charge >= 0.3 is 6.09 Å². The third kappa shape index (κ3) is 6.03. The molecule has 0 saturated carbocycles. The molecule has 6 nitrogen and oxygen atoms in total. The van der Waals surface area contributed by atoms with Crippen LogP contribution in [0.15, 0.2) is 54.6 Å². The highest BCUT2D eigenvalue weighted by atomic mass is 32.2. The van der Waals surface area contributed by atoms with Crippen molar-refractivity contribution >= 4 is 16.2 Å². The number of rotatable bonds is 7. The Hall–Kier alpha value is -2.45. The summed E-state index contributed by atoms with van der Waals surface area (Å²) in [4.78, 5) is 14.1. The zero-order chi connectivity index (χ0) is 21.6. The van der Waals surface area contributed by atoms with E-state index < -0.39 is 16.2 Å². The quantitative estimate of drug-likeness (QED) is 0.616. The van der Waals surface area contributed by atoms with Crippen LogP contribution in [0.4, 0.5) is 9.18 Å². The van der Waals surface area contributed by atoms with E-state index in [1.807, 2.05) is 30.3 Å². The van der Waals surface area contributed by atoms with Gasteiger partial charge in [0, 0.05) is 19.0 Å². The van der Waals surface area contributed by atoms with Gasteiger partial charge in [-0.05, 0) is 42.5 Å². The molecule has 1 aliphatic heterocycles. The molecule has 8 heteroatoms. The minimum absolute atomic E-state index is 0.0410. The van der Waals surface area contributed by atoms with Gasteiger partial charge in [0.1, 0.15) is 12.4 Å². The number of carbonyl (C=O) groups excluding carboxylic acids is 1. The number of amides is 1. The molecule has 0 spiro atoms. The fraction of sp³-hybridized carbons (Fsp3) is 0.409. The third-order valence-corrected chi connectivity index (χ3v) is 6.51. The number of halogens is 1. The van der Waals surface area contributed by atoms with Crippen molar-refractivity contribution in [1.82, 2.24) is 4.90 Å². The second-order valence-electron chi connectivity index (χ2n) is 7.32. The summed E-state index contributed by atoms with van der Waals surface area (Å²) in [6, 6.07) is 15.6. The highest BCUT2D eigenvalue weighted by Gasteiger charge is 2.34. The zero-order valence-corrected chi connectivity index (χ0v) is 17.7.